The second-order valence-corrected chi connectivity index (χ2v) is 6.40. The summed E-state index contributed by atoms with van der Waals surface area (Å²) in [6.07, 6.45) is 2.11. The molecule has 0 radical (unpaired) electrons. The third-order valence-corrected chi connectivity index (χ3v) is 4.15. The Morgan fingerprint density at radius 2 is 1.90 bits per heavy atom. The zero-order chi connectivity index (χ0) is 15.6. The number of likely N-dealkylation sites (N-methyl/N-ethyl adjacent to an activating group) is 1. The Bertz CT molecular complexity index is 395. The van der Waals surface area contributed by atoms with Crippen molar-refractivity contribution in [3.8, 4) is 0 Å². The molecule has 1 aliphatic heterocycles. The Kier molecular flexibility index (Phi) is 5.08. The maximum Gasteiger partial charge on any atom is 0.320 e. The van der Waals surface area contributed by atoms with E-state index in [0.29, 0.717) is 25.1 Å². The molecule has 21 heavy (non-hydrogen) atoms. The topological polar surface area (TPSA) is 70.1 Å². The van der Waals surface area contributed by atoms with E-state index < -0.39 is 11.9 Å². The Hall–Kier alpha value is -1.30. The van der Waals surface area contributed by atoms with Crippen LogP contribution in [0, 0.1) is 11.8 Å². The molecule has 120 valence electrons. The first-order chi connectivity index (χ1) is 9.95. The average Bonchev–Trinajstić information content (AvgIpc) is 3.14. The van der Waals surface area contributed by atoms with Gasteiger partial charge in [-0.1, -0.05) is 13.8 Å². The fourth-order valence-corrected chi connectivity index (χ4v) is 2.93. The number of urea groups is 1. The molecule has 6 heteroatoms. The molecule has 6 nitrogen and oxygen atoms in total. The molecule has 1 heterocycles. The molecule has 0 aromatic carbocycles. The third kappa shape index (κ3) is 3.67. The zero-order valence-corrected chi connectivity index (χ0v) is 13.1. The molecule has 2 rings (SSSR count). The van der Waals surface area contributed by atoms with Crippen LogP contribution in [0.1, 0.15) is 33.6 Å². The summed E-state index contributed by atoms with van der Waals surface area (Å²) in [6.45, 7) is 7.84. The maximum absolute atomic E-state index is 12.8. The van der Waals surface area contributed by atoms with Gasteiger partial charge in [-0.15, -0.1) is 0 Å². The lowest BCUT2D eigenvalue weighted by Gasteiger charge is -2.35. The second-order valence-electron chi connectivity index (χ2n) is 6.40. The highest BCUT2D eigenvalue weighted by Gasteiger charge is 2.43. The van der Waals surface area contributed by atoms with Gasteiger partial charge in [0.2, 0.25) is 0 Å². The highest BCUT2D eigenvalue weighted by Crippen LogP contribution is 2.30. The van der Waals surface area contributed by atoms with Crippen LogP contribution in [-0.4, -0.2) is 65.3 Å². The van der Waals surface area contributed by atoms with Crippen molar-refractivity contribution in [1.82, 2.24) is 9.80 Å². The van der Waals surface area contributed by atoms with Crippen molar-refractivity contribution in [3.05, 3.63) is 0 Å². The van der Waals surface area contributed by atoms with Gasteiger partial charge in [-0.3, -0.25) is 4.79 Å². The Morgan fingerprint density at radius 1 is 1.24 bits per heavy atom. The fraction of sp³-hybridized carbons (Fsp3) is 0.867. The summed E-state index contributed by atoms with van der Waals surface area (Å²) in [5, 5.41) is 9.28. The van der Waals surface area contributed by atoms with Crippen molar-refractivity contribution in [3.63, 3.8) is 0 Å². The molecule has 1 aliphatic carbocycles. The molecule has 1 saturated carbocycles. The Balaban J connectivity index is 2.11. The minimum Gasteiger partial charge on any atom is -0.481 e. The van der Waals surface area contributed by atoms with Crippen LogP contribution >= 0.6 is 0 Å². The Labute approximate surface area is 126 Å². The first kappa shape index (κ1) is 16.1. The molecular weight excluding hydrogens is 272 g/mol. The molecule has 1 saturated heterocycles. The van der Waals surface area contributed by atoms with E-state index in [1.807, 2.05) is 11.8 Å². The largest absolute Gasteiger partial charge is 0.481 e. The van der Waals surface area contributed by atoms with E-state index in [1.54, 1.807) is 4.90 Å². The number of rotatable bonds is 6. The van der Waals surface area contributed by atoms with Gasteiger partial charge in [-0.05, 0) is 25.7 Å². The van der Waals surface area contributed by atoms with Crippen LogP contribution in [0.25, 0.3) is 0 Å². The standard InChI is InChI=1S/C15H26N2O4/c1-4-16(13-9-21-8-12(13)14(18)19)15(20)17(7-10(2)3)11-5-6-11/h10-13H,4-9H2,1-3H3,(H,18,19). The van der Waals surface area contributed by atoms with E-state index in [1.165, 1.54) is 0 Å². The lowest BCUT2D eigenvalue weighted by molar-refractivity contribution is -0.142. The molecule has 2 aliphatic rings. The summed E-state index contributed by atoms with van der Waals surface area (Å²) in [4.78, 5) is 27.8. The quantitative estimate of drug-likeness (QED) is 0.809. The van der Waals surface area contributed by atoms with Crippen molar-refractivity contribution in [2.75, 3.05) is 26.3 Å². The lowest BCUT2D eigenvalue weighted by atomic mass is 10.0. The number of amides is 2. The van der Waals surface area contributed by atoms with Gasteiger partial charge in [0.1, 0.15) is 5.92 Å². The van der Waals surface area contributed by atoms with Crippen LogP contribution in [0.4, 0.5) is 4.79 Å². The van der Waals surface area contributed by atoms with Crippen molar-refractivity contribution < 1.29 is 19.4 Å². The van der Waals surface area contributed by atoms with Crippen molar-refractivity contribution in [2.45, 2.75) is 45.7 Å². The number of ether oxygens (including phenoxy) is 1. The molecule has 0 aromatic rings. The van der Waals surface area contributed by atoms with Gasteiger partial charge < -0.3 is 19.6 Å². The van der Waals surface area contributed by atoms with Crippen molar-refractivity contribution >= 4 is 12.0 Å². The number of hydrogen-bond acceptors (Lipinski definition) is 3. The second kappa shape index (κ2) is 6.64. The van der Waals surface area contributed by atoms with Gasteiger partial charge in [0.25, 0.3) is 0 Å². The van der Waals surface area contributed by atoms with Gasteiger partial charge in [-0.25, -0.2) is 4.79 Å². The SMILES string of the molecule is CCN(C(=O)N(CC(C)C)C1CC1)C1COCC1C(=O)O. The fourth-order valence-electron chi connectivity index (χ4n) is 2.93. The number of carbonyl (C=O) groups is 2. The normalized spacial score (nSPS) is 25.1. The van der Waals surface area contributed by atoms with Gasteiger partial charge in [0.15, 0.2) is 0 Å². The van der Waals surface area contributed by atoms with E-state index in [9.17, 15) is 14.7 Å². The van der Waals surface area contributed by atoms with Crippen LogP contribution in [-0.2, 0) is 9.53 Å². The van der Waals surface area contributed by atoms with Gasteiger partial charge >= 0.3 is 12.0 Å². The van der Waals surface area contributed by atoms with E-state index in [-0.39, 0.29) is 18.7 Å². The predicted octanol–water partition coefficient (Wildman–Crippen LogP) is 1.65. The third-order valence-electron chi connectivity index (χ3n) is 4.15. The monoisotopic (exact) mass is 298 g/mol. The van der Waals surface area contributed by atoms with Gasteiger partial charge in [0, 0.05) is 19.1 Å². The van der Waals surface area contributed by atoms with Gasteiger partial charge in [-0.2, -0.15) is 0 Å². The highest BCUT2D eigenvalue weighted by molar-refractivity contribution is 5.78. The summed E-state index contributed by atoms with van der Waals surface area (Å²) < 4.78 is 5.31. The number of carboxylic acid groups (broad SMARTS) is 1. The van der Waals surface area contributed by atoms with Crippen LogP contribution in [0.2, 0.25) is 0 Å². The molecule has 2 unspecified atom stereocenters. The Morgan fingerprint density at radius 3 is 2.38 bits per heavy atom. The molecule has 2 fully saturated rings. The first-order valence-electron chi connectivity index (χ1n) is 7.83. The number of carboxylic acids is 1. The number of carbonyl (C=O) groups excluding carboxylic acids is 1. The summed E-state index contributed by atoms with van der Waals surface area (Å²) in [7, 11) is 0. The summed E-state index contributed by atoms with van der Waals surface area (Å²) in [6, 6.07) is -0.0524. The molecule has 2 atom stereocenters. The van der Waals surface area contributed by atoms with E-state index in [0.717, 1.165) is 19.4 Å². The summed E-state index contributed by atoms with van der Waals surface area (Å²) >= 11 is 0. The predicted molar refractivity (Wildman–Crippen MR) is 78.1 cm³/mol. The van der Waals surface area contributed by atoms with E-state index in [4.69, 9.17) is 4.74 Å². The number of aliphatic carboxylic acids is 1. The van der Waals surface area contributed by atoms with Crippen molar-refractivity contribution in [1.29, 1.82) is 0 Å². The molecule has 0 bridgehead atoms. The number of hydrogen-bond donors (Lipinski definition) is 1. The van der Waals surface area contributed by atoms with E-state index >= 15 is 0 Å². The highest BCUT2D eigenvalue weighted by atomic mass is 16.5. The summed E-state index contributed by atoms with van der Waals surface area (Å²) in [5.74, 6) is -1.09. The molecule has 2 amide bonds. The van der Waals surface area contributed by atoms with Crippen LogP contribution in [0.5, 0.6) is 0 Å². The molecule has 1 N–H and O–H groups in total. The first-order valence-corrected chi connectivity index (χ1v) is 7.83. The van der Waals surface area contributed by atoms with Crippen LogP contribution in [0.15, 0.2) is 0 Å². The molecule has 0 spiro atoms. The minimum absolute atomic E-state index is 0.0320. The summed E-state index contributed by atoms with van der Waals surface area (Å²) in [5.41, 5.74) is 0. The lowest BCUT2D eigenvalue weighted by Crippen LogP contribution is -2.53. The van der Waals surface area contributed by atoms with Gasteiger partial charge in [0.05, 0.1) is 19.3 Å². The maximum atomic E-state index is 12.8. The van der Waals surface area contributed by atoms with Crippen molar-refractivity contribution in [2.24, 2.45) is 11.8 Å². The van der Waals surface area contributed by atoms with Crippen LogP contribution < -0.4 is 0 Å². The van der Waals surface area contributed by atoms with E-state index in [2.05, 4.69) is 13.8 Å². The number of nitrogens with zero attached hydrogens (tertiary/aromatic N) is 2. The molecule has 0 aromatic heterocycles. The average molecular weight is 298 g/mol. The smallest absolute Gasteiger partial charge is 0.320 e. The van der Waals surface area contributed by atoms with Crippen LogP contribution in [0.3, 0.4) is 0 Å². The zero-order valence-electron chi connectivity index (χ0n) is 13.1. The molecular formula is C15H26N2O4. The minimum atomic E-state index is -0.884.